The van der Waals surface area contributed by atoms with E-state index in [9.17, 15) is 0 Å². The maximum absolute atomic E-state index is 5.47. The first-order valence-electron chi connectivity index (χ1n) is 7.35. The molecule has 1 aromatic rings. The summed E-state index contributed by atoms with van der Waals surface area (Å²) in [5.41, 5.74) is 1.18. The van der Waals surface area contributed by atoms with Gasteiger partial charge in [-0.2, -0.15) is 0 Å². The Bertz CT molecular complexity index is 456. The van der Waals surface area contributed by atoms with Gasteiger partial charge in [-0.25, -0.2) is 0 Å². The van der Waals surface area contributed by atoms with Gasteiger partial charge < -0.3 is 14.8 Å². The smallest absolute Gasteiger partial charge is 0.127 e. The van der Waals surface area contributed by atoms with Crippen LogP contribution >= 0.6 is 0 Å². The second-order valence-electron chi connectivity index (χ2n) is 5.39. The number of methoxy groups -OCH3 is 2. The van der Waals surface area contributed by atoms with Gasteiger partial charge in [-0.1, -0.05) is 18.2 Å². The predicted molar refractivity (Wildman–Crippen MR) is 82.4 cm³/mol. The van der Waals surface area contributed by atoms with Crippen molar-refractivity contribution in [3.05, 3.63) is 35.9 Å². The molecule has 0 aromatic heterocycles. The number of hydrogen-bond acceptors (Lipinski definition) is 3. The molecule has 0 aliphatic heterocycles. The fraction of sp³-hybridized carbons (Fsp3) is 0.529. The van der Waals surface area contributed by atoms with E-state index in [0.29, 0.717) is 0 Å². The van der Waals surface area contributed by atoms with E-state index in [4.69, 9.17) is 9.47 Å². The molecule has 1 N–H and O–H groups in total. The summed E-state index contributed by atoms with van der Waals surface area (Å²) in [6, 6.07) is 6.29. The summed E-state index contributed by atoms with van der Waals surface area (Å²) in [6.07, 6.45) is 8.28. The van der Waals surface area contributed by atoms with Crippen LogP contribution in [0.2, 0.25) is 0 Å². The van der Waals surface area contributed by atoms with Crippen LogP contribution in [0.3, 0.4) is 0 Å². The van der Waals surface area contributed by atoms with E-state index in [1.807, 2.05) is 12.1 Å². The third-order valence-corrected chi connectivity index (χ3v) is 4.00. The van der Waals surface area contributed by atoms with Crippen LogP contribution < -0.4 is 14.8 Å². The molecule has 3 heteroatoms. The molecule has 2 rings (SSSR count). The highest BCUT2D eigenvalue weighted by Gasteiger charge is 2.15. The molecule has 2 unspecified atom stereocenters. The average Bonchev–Trinajstić information content (AvgIpc) is 2.52. The molecule has 1 aliphatic rings. The Balaban J connectivity index is 1.97. The number of ether oxygens (including phenoxy) is 2. The molecule has 0 heterocycles. The molecular formula is C17H25NO2. The summed E-state index contributed by atoms with van der Waals surface area (Å²) in [5.74, 6) is 2.47. The first kappa shape index (κ1) is 14.9. The molecule has 0 saturated heterocycles. The lowest BCUT2D eigenvalue weighted by Crippen LogP contribution is -2.26. The quantitative estimate of drug-likeness (QED) is 0.803. The van der Waals surface area contributed by atoms with Crippen molar-refractivity contribution in [3.8, 4) is 11.5 Å². The molecule has 0 fully saturated rings. The third-order valence-electron chi connectivity index (χ3n) is 4.00. The first-order chi connectivity index (χ1) is 9.74. The summed E-state index contributed by atoms with van der Waals surface area (Å²) in [4.78, 5) is 0. The van der Waals surface area contributed by atoms with Crippen LogP contribution in [0.4, 0.5) is 0 Å². The molecule has 0 saturated carbocycles. The maximum atomic E-state index is 5.47. The van der Waals surface area contributed by atoms with Crippen LogP contribution in [0.15, 0.2) is 30.4 Å². The van der Waals surface area contributed by atoms with Crippen molar-refractivity contribution in [2.45, 2.75) is 32.2 Å². The van der Waals surface area contributed by atoms with Crippen LogP contribution in [0.1, 0.15) is 37.8 Å². The van der Waals surface area contributed by atoms with Crippen molar-refractivity contribution in [1.82, 2.24) is 5.32 Å². The van der Waals surface area contributed by atoms with Crippen molar-refractivity contribution < 1.29 is 9.47 Å². The Kier molecular flexibility index (Phi) is 5.48. The summed E-state index contributed by atoms with van der Waals surface area (Å²) >= 11 is 0. The van der Waals surface area contributed by atoms with E-state index in [1.54, 1.807) is 14.2 Å². The van der Waals surface area contributed by atoms with Crippen LogP contribution in [0.5, 0.6) is 11.5 Å². The predicted octanol–water partition coefficient (Wildman–Crippen LogP) is 3.71. The molecule has 0 spiro atoms. The fourth-order valence-electron chi connectivity index (χ4n) is 2.67. The van der Waals surface area contributed by atoms with Gasteiger partial charge in [0.05, 0.1) is 14.2 Å². The van der Waals surface area contributed by atoms with E-state index in [2.05, 4.69) is 30.5 Å². The minimum atomic E-state index is 0.279. The van der Waals surface area contributed by atoms with Crippen LogP contribution in [0.25, 0.3) is 0 Å². The summed E-state index contributed by atoms with van der Waals surface area (Å²) in [6.45, 7) is 3.24. The van der Waals surface area contributed by atoms with Gasteiger partial charge in [0.15, 0.2) is 0 Å². The van der Waals surface area contributed by atoms with E-state index in [0.717, 1.165) is 24.0 Å². The Morgan fingerprint density at radius 1 is 1.25 bits per heavy atom. The standard InChI is InChI=1S/C17H25NO2/c1-13(18-12-14-7-5-4-6-8-14)16-10-9-15(19-2)11-17(16)20-3/h4-5,9-11,13-14,18H,6-8,12H2,1-3H3. The summed E-state index contributed by atoms with van der Waals surface area (Å²) in [5, 5.41) is 3.63. The molecule has 2 atom stereocenters. The molecule has 1 aromatic carbocycles. The highest BCUT2D eigenvalue weighted by atomic mass is 16.5. The lowest BCUT2D eigenvalue weighted by Gasteiger charge is -2.23. The monoisotopic (exact) mass is 275 g/mol. The fourth-order valence-corrected chi connectivity index (χ4v) is 2.67. The molecule has 1 aliphatic carbocycles. The molecule has 110 valence electrons. The van der Waals surface area contributed by atoms with Crippen molar-refractivity contribution in [2.24, 2.45) is 5.92 Å². The van der Waals surface area contributed by atoms with Gasteiger partial charge in [-0.3, -0.25) is 0 Å². The topological polar surface area (TPSA) is 30.5 Å². The van der Waals surface area contributed by atoms with Gasteiger partial charge in [0.25, 0.3) is 0 Å². The SMILES string of the molecule is COc1ccc(C(C)NCC2CC=CCC2)c(OC)c1. The highest BCUT2D eigenvalue weighted by Crippen LogP contribution is 2.29. The minimum absolute atomic E-state index is 0.279. The number of benzene rings is 1. The van der Waals surface area contributed by atoms with Gasteiger partial charge in [0.1, 0.15) is 11.5 Å². The lowest BCUT2D eigenvalue weighted by molar-refractivity contribution is 0.378. The zero-order valence-electron chi connectivity index (χ0n) is 12.7. The highest BCUT2D eigenvalue weighted by molar-refractivity contribution is 5.42. The van der Waals surface area contributed by atoms with Gasteiger partial charge in [-0.05, 0) is 44.7 Å². The molecule has 0 radical (unpaired) electrons. The first-order valence-corrected chi connectivity index (χ1v) is 7.35. The average molecular weight is 275 g/mol. The molecule has 0 amide bonds. The minimum Gasteiger partial charge on any atom is -0.497 e. The zero-order valence-corrected chi connectivity index (χ0v) is 12.7. The zero-order chi connectivity index (χ0) is 14.4. The second-order valence-corrected chi connectivity index (χ2v) is 5.39. The molecule has 0 bridgehead atoms. The number of rotatable bonds is 6. The Labute approximate surface area is 122 Å². The second kappa shape index (κ2) is 7.34. The maximum Gasteiger partial charge on any atom is 0.127 e. The molecule has 20 heavy (non-hydrogen) atoms. The summed E-state index contributed by atoms with van der Waals surface area (Å²) < 4.78 is 10.7. The van der Waals surface area contributed by atoms with Crippen molar-refractivity contribution >= 4 is 0 Å². The molecular weight excluding hydrogens is 250 g/mol. The van der Waals surface area contributed by atoms with Gasteiger partial charge in [0, 0.05) is 17.7 Å². The lowest BCUT2D eigenvalue weighted by atomic mass is 9.94. The van der Waals surface area contributed by atoms with Gasteiger partial charge in [-0.15, -0.1) is 0 Å². The number of nitrogens with one attached hydrogen (secondary N) is 1. The van der Waals surface area contributed by atoms with E-state index in [1.165, 1.54) is 24.8 Å². The van der Waals surface area contributed by atoms with Crippen molar-refractivity contribution in [1.29, 1.82) is 0 Å². The normalized spacial score (nSPS) is 19.6. The third kappa shape index (κ3) is 3.76. The van der Waals surface area contributed by atoms with Crippen molar-refractivity contribution in [2.75, 3.05) is 20.8 Å². The van der Waals surface area contributed by atoms with Crippen molar-refractivity contribution in [3.63, 3.8) is 0 Å². The van der Waals surface area contributed by atoms with Crippen LogP contribution in [-0.4, -0.2) is 20.8 Å². The van der Waals surface area contributed by atoms with E-state index in [-0.39, 0.29) is 6.04 Å². The van der Waals surface area contributed by atoms with Crippen LogP contribution in [0, 0.1) is 5.92 Å². The number of hydrogen-bond donors (Lipinski definition) is 1. The number of allylic oxidation sites excluding steroid dienone is 2. The molecule has 3 nitrogen and oxygen atoms in total. The Morgan fingerprint density at radius 3 is 2.75 bits per heavy atom. The van der Waals surface area contributed by atoms with Crippen LogP contribution in [-0.2, 0) is 0 Å². The van der Waals surface area contributed by atoms with E-state index < -0.39 is 0 Å². The van der Waals surface area contributed by atoms with Gasteiger partial charge >= 0.3 is 0 Å². The summed E-state index contributed by atoms with van der Waals surface area (Å²) in [7, 11) is 3.38. The largest absolute Gasteiger partial charge is 0.497 e. The Hall–Kier alpha value is -1.48. The van der Waals surface area contributed by atoms with Gasteiger partial charge in [0.2, 0.25) is 0 Å². The Morgan fingerprint density at radius 2 is 2.10 bits per heavy atom. The van der Waals surface area contributed by atoms with E-state index >= 15 is 0 Å².